The van der Waals surface area contributed by atoms with Gasteiger partial charge in [0, 0.05) is 5.33 Å². The van der Waals surface area contributed by atoms with Gasteiger partial charge in [-0.05, 0) is 44.4 Å². The fourth-order valence-electron chi connectivity index (χ4n) is 1.54. The Balaban J connectivity index is 3.05. The summed E-state index contributed by atoms with van der Waals surface area (Å²) >= 11 is 3.46. The standard InChI is InChI=1S/C12H17BrO/c1-8(2)14-12-9(3)5-11(7-13)6-10(12)4/h5-6,8H,7H2,1-4H3. The summed E-state index contributed by atoms with van der Waals surface area (Å²) in [6, 6.07) is 4.33. The molecule has 78 valence electrons. The molecule has 0 aromatic heterocycles. The van der Waals surface area contributed by atoms with Crippen molar-refractivity contribution in [1.82, 2.24) is 0 Å². The monoisotopic (exact) mass is 256 g/mol. The smallest absolute Gasteiger partial charge is 0.125 e. The number of hydrogen-bond acceptors (Lipinski definition) is 1. The van der Waals surface area contributed by atoms with Gasteiger partial charge >= 0.3 is 0 Å². The van der Waals surface area contributed by atoms with Gasteiger partial charge in [0.25, 0.3) is 0 Å². The van der Waals surface area contributed by atoms with Crippen LogP contribution in [0, 0.1) is 13.8 Å². The van der Waals surface area contributed by atoms with Gasteiger partial charge < -0.3 is 4.74 Å². The zero-order valence-corrected chi connectivity index (χ0v) is 10.8. The summed E-state index contributed by atoms with van der Waals surface area (Å²) in [5.74, 6) is 1.03. The molecule has 0 aliphatic carbocycles. The Morgan fingerprint density at radius 3 is 2.07 bits per heavy atom. The molecule has 0 heterocycles. The molecule has 1 aromatic carbocycles. The zero-order chi connectivity index (χ0) is 10.7. The maximum atomic E-state index is 5.76. The molecule has 0 spiro atoms. The minimum atomic E-state index is 0.238. The molecule has 0 amide bonds. The summed E-state index contributed by atoms with van der Waals surface area (Å²) < 4.78 is 5.76. The molecule has 0 aliphatic rings. The predicted molar refractivity (Wildman–Crippen MR) is 64.3 cm³/mol. The third-order valence-electron chi connectivity index (χ3n) is 2.03. The van der Waals surface area contributed by atoms with Crippen molar-refractivity contribution in [2.24, 2.45) is 0 Å². The van der Waals surface area contributed by atoms with Crippen LogP contribution in [-0.2, 0) is 5.33 Å². The van der Waals surface area contributed by atoms with E-state index in [2.05, 4.69) is 55.8 Å². The van der Waals surface area contributed by atoms with Crippen molar-refractivity contribution in [2.45, 2.75) is 39.1 Å². The van der Waals surface area contributed by atoms with Crippen molar-refractivity contribution in [3.8, 4) is 5.75 Å². The summed E-state index contributed by atoms with van der Waals surface area (Å²) in [6.45, 7) is 8.29. The molecule has 2 heteroatoms. The van der Waals surface area contributed by atoms with Crippen LogP contribution in [0.15, 0.2) is 12.1 Å². The third kappa shape index (κ3) is 2.74. The Hall–Kier alpha value is -0.500. The minimum Gasteiger partial charge on any atom is -0.490 e. The highest BCUT2D eigenvalue weighted by molar-refractivity contribution is 9.08. The number of ether oxygens (including phenoxy) is 1. The first kappa shape index (κ1) is 11.6. The molecule has 1 aromatic rings. The molecule has 1 nitrogen and oxygen atoms in total. The first-order chi connectivity index (χ1) is 6.54. The summed E-state index contributed by atoms with van der Waals surface area (Å²) in [4.78, 5) is 0. The normalized spacial score (nSPS) is 10.7. The summed E-state index contributed by atoms with van der Waals surface area (Å²) in [5.41, 5.74) is 3.73. The molecule has 0 radical (unpaired) electrons. The number of aryl methyl sites for hydroxylation is 2. The van der Waals surface area contributed by atoms with Gasteiger partial charge in [0.15, 0.2) is 0 Å². The lowest BCUT2D eigenvalue weighted by atomic mass is 10.1. The average Bonchev–Trinajstić information content (AvgIpc) is 2.10. The quantitative estimate of drug-likeness (QED) is 0.744. The molecule has 0 fully saturated rings. The van der Waals surface area contributed by atoms with Gasteiger partial charge in [-0.1, -0.05) is 28.1 Å². The zero-order valence-electron chi connectivity index (χ0n) is 9.23. The van der Waals surface area contributed by atoms with Crippen molar-refractivity contribution in [3.63, 3.8) is 0 Å². The Morgan fingerprint density at radius 1 is 1.21 bits per heavy atom. The maximum Gasteiger partial charge on any atom is 0.125 e. The van der Waals surface area contributed by atoms with Crippen LogP contribution in [0.4, 0.5) is 0 Å². The molecule has 0 unspecified atom stereocenters. The van der Waals surface area contributed by atoms with Crippen molar-refractivity contribution >= 4 is 15.9 Å². The SMILES string of the molecule is Cc1cc(CBr)cc(C)c1OC(C)C. The summed E-state index contributed by atoms with van der Waals surface area (Å²) in [7, 11) is 0. The predicted octanol–water partition coefficient (Wildman–Crippen LogP) is 3.99. The van der Waals surface area contributed by atoms with Crippen LogP contribution in [-0.4, -0.2) is 6.10 Å². The van der Waals surface area contributed by atoms with Crippen molar-refractivity contribution in [2.75, 3.05) is 0 Å². The van der Waals surface area contributed by atoms with Crippen molar-refractivity contribution in [3.05, 3.63) is 28.8 Å². The largest absolute Gasteiger partial charge is 0.490 e. The highest BCUT2D eigenvalue weighted by Crippen LogP contribution is 2.26. The Bertz CT molecular complexity index is 295. The number of rotatable bonds is 3. The average molecular weight is 257 g/mol. The van der Waals surface area contributed by atoms with Crippen LogP contribution in [0.2, 0.25) is 0 Å². The number of halogens is 1. The summed E-state index contributed by atoms with van der Waals surface area (Å²) in [6.07, 6.45) is 0.238. The summed E-state index contributed by atoms with van der Waals surface area (Å²) in [5, 5.41) is 0.899. The van der Waals surface area contributed by atoms with Crippen LogP contribution >= 0.6 is 15.9 Å². The second kappa shape index (κ2) is 4.83. The second-order valence-electron chi connectivity index (χ2n) is 3.86. The van der Waals surface area contributed by atoms with E-state index < -0.39 is 0 Å². The van der Waals surface area contributed by atoms with Crippen LogP contribution in [0.1, 0.15) is 30.5 Å². The maximum absolute atomic E-state index is 5.76. The second-order valence-corrected chi connectivity index (χ2v) is 4.42. The van der Waals surface area contributed by atoms with Crippen LogP contribution < -0.4 is 4.74 Å². The Kier molecular flexibility index (Phi) is 3.99. The first-order valence-corrected chi connectivity index (χ1v) is 5.99. The van der Waals surface area contributed by atoms with Crippen LogP contribution in [0.25, 0.3) is 0 Å². The van der Waals surface area contributed by atoms with Gasteiger partial charge in [0.1, 0.15) is 5.75 Å². The third-order valence-corrected chi connectivity index (χ3v) is 2.68. The Labute approximate surface area is 94.6 Å². The number of hydrogen-bond donors (Lipinski definition) is 0. The van der Waals surface area contributed by atoms with E-state index in [1.807, 2.05) is 0 Å². The number of alkyl halides is 1. The lowest BCUT2D eigenvalue weighted by Gasteiger charge is -2.16. The fourth-order valence-corrected chi connectivity index (χ4v) is 1.86. The lowest BCUT2D eigenvalue weighted by Crippen LogP contribution is -2.08. The van der Waals surface area contributed by atoms with E-state index in [1.165, 1.54) is 16.7 Å². The van der Waals surface area contributed by atoms with Gasteiger partial charge in [0.2, 0.25) is 0 Å². The molecular weight excluding hydrogens is 240 g/mol. The van der Waals surface area contributed by atoms with E-state index in [9.17, 15) is 0 Å². The minimum absolute atomic E-state index is 0.238. The van der Waals surface area contributed by atoms with E-state index in [-0.39, 0.29) is 6.10 Å². The van der Waals surface area contributed by atoms with E-state index >= 15 is 0 Å². The topological polar surface area (TPSA) is 9.23 Å². The van der Waals surface area contributed by atoms with E-state index in [1.54, 1.807) is 0 Å². The molecule has 0 bridgehead atoms. The molecular formula is C12H17BrO. The molecule has 1 rings (SSSR count). The molecule has 0 aliphatic heterocycles. The van der Waals surface area contributed by atoms with Crippen molar-refractivity contribution < 1.29 is 4.74 Å². The first-order valence-electron chi connectivity index (χ1n) is 4.87. The van der Waals surface area contributed by atoms with Crippen LogP contribution in [0.5, 0.6) is 5.75 Å². The Morgan fingerprint density at radius 2 is 1.71 bits per heavy atom. The molecule has 0 saturated carbocycles. The van der Waals surface area contributed by atoms with Gasteiger partial charge in [0.05, 0.1) is 6.10 Å². The molecule has 0 saturated heterocycles. The van der Waals surface area contributed by atoms with Crippen molar-refractivity contribution in [1.29, 1.82) is 0 Å². The van der Waals surface area contributed by atoms with Gasteiger partial charge in [-0.25, -0.2) is 0 Å². The highest BCUT2D eigenvalue weighted by Gasteiger charge is 2.07. The van der Waals surface area contributed by atoms with Gasteiger partial charge in [-0.15, -0.1) is 0 Å². The van der Waals surface area contributed by atoms with E-state index in [0.717, 1.165) is 11.1 Å². The van der Waals surface area contributed by atoms with Gasteiger partial charge in [-0.2, -0.15) is 0 Å². The fraction of sp³-hybridized carbons (Fsp3) is 0.500. The lowest BCUT2D eigenvalue weighted by molar-refractivity contribution is 0.239. The molecule has 0 N–H and O–H groups in total. The van der Waals surface area contributed by atoms with Crippen LogP contribution in [0.3, 0.4) is 0 Å². The number of benzene rings is 1. The molecule has 0 atom stereocenters. The highest BCUT2D eigenvalue weighted by atomic mass is 79.9. The molecule has 14 heavy (non-hydrogen) atoms. The van der Waals surface area contributed by atoms with E-state index in [4.69, 9.17) is 4.74 Å². The van der Waals surface area contributed by atoms with E-state index in [0.29, 0.717) is 0 Å². The van der Waals surface area contributed by atoms with Gasteiger partial charge in [-0.3, -0.25) is 0 Å².